The number of aryl methyl sites for hydroxylation is 1. The van der Waals surface area contributed by atoms with Crippen molar-refractivity contribution in [2.75, 3.05) is 35.7 Å². The van der Waals surface area contributed by atoms with Gasteiger partial charge in [0.2, 0.25) is 0 Å². The highest BCUT2D eigenvalue weighted by atomic mass is 32.2. The number of fused-ring (bicyclic) bond motifs is 1. The van der Waals surface area contributed by atoms with Gasteiger partial charge in [0, 0.05) is 30.2 Å². The number of nitrogens with two attached hydrogens (primary N) is 1. The van der Waals surface area contributed by atoms with Gasteiger partial charge in [0.05, 0.1) is 0 Å². The topological polar surface area (TPSA) is 29.3 Å². The molecule has 0 saturated carbocycles. The highest BCUT2D eigenvalue weighted by Crippen LogP contribution is 2.28. The van der Waals surface area contributed by atoms with E-state index < -0.39 is 0 Å². The second kappa shape index (κ2) is 4.79. The zero-order valence-corrected chi connectivity index (χ0v) is 10.0. The standard InChI is InChI=1S/C12H18N2S/c1-15-8-7-14-6-2-3-10-4-5-11(13)9-12(10)14/h4-5,9H,2-3,6-8,13H2,1H3. The van der Waals surface area contributed by atoms with Gasteiger partial charge in [-0.1, -0.05) is 6.07 Å². The Kier molecular flexibility index (Phi) is 3.41. The first-order valence-electron chi connectivity index (χ1n) is 5.43. The van der Waals surface area contributed by atoms with Crippen LogP contribution in [0.3, 0.4) is 0 Å². The van der Waals surface area contributed by atoms with E-state index >= 15 is 0 Å². The summed E-state index contributed by atoms with van der Waals surface area (Å²) in [5, 5.41) is 0. The first-order chi connectivity index (χ1) is 7.31. The van der Waals surface area contributed by atoms with Gasteiger partial charge >= 0.3 is 0 Å². The summed E-state index contributed by atoms with van der Waals surface area (Å²) >= 11 is 1.90. The predicted molar refractivity (Wildman–Crippen MR) is 69.8 cm³/mol. The van der Waals surface area contributed by atoms with Gasteiger partial charge in [0.1, 0.15) is 0 Å². The first kappa shape index (κ1) is 10.7. The summed E-state index contributed by atoms with van der Waals surface area (Å²) < 4.78 is 0. The second-order valence-electron chi connectivity index (χ2n) is 3.97. The molecular weight excluding hydrogens is 204 g/mol. The van der Waals surface area contributed by atoms with Gasteiger partial charge in [-0.05, 0) is 36.8 Å². The van der Waals surface area contributed by atoms with Crippen LogP contribution in [0, 0.1) is 0 Å². The molecule has 1 aliphatic heterocycles. The van der Waals surface area contributed by atoms with E-state index in [2.05, 4.69) is 23.3 Å². The Bertz CT molecular complexity index is 338. The third-order valence-corrected chi connectivity index (χ3v) is 3.48. The number of rotatable bonds is 3. The van der Waals surface area contributed by atoms with Gasteiger partial charge in [0.25, 0.3) is 0 Å². The van der Waals surface area contributed by atoms with Gasteiger partial charge in [0.15, 0.2) is 0 Å². The van der Waals surface area contributed by atoms with Crippen molar-refractivity contribution in [3.8, 4) is 0 Å². The monoisotopic (exact) mass is 222 g/mol. The van der Waals surface area contributed by atoms with Gasteiger partial charge in [-0.3, -0.25) is 0 Å². The van der Waals surface area contributed by atoms with E-state index in [9.17, 15) is 0 Å². The highest BCUT2D eigenvalue weighted by molar-refractivity contribution is 7.98. The van der Waals surface area contributed by atoms with Crippen LogP contribution in [-0.2, 0) is 6.42 Å². The fourth-order valence-electron chi connectivity index (χ4n) is 2.10. The minimum atomic E-state index is 0.879. The molecule has 1 heterocycles. The Hall–Kier alpha value is -0.830. The normalized spacial score (nSPS) is 15.1. The molecule has 0 atom stereocenters. The summed E-state index contributed by atoms with van der Waals surface area (Å²) in [6.07, 6.45) is 4.63. The molecule has 0 unspecified atom stereocenters. The van der Waals surface area contributed by atoms with Crippen LogP contribution < -0.4 is 10.6 Å². The lowest BCUT2D eigenvalue weighted by atomic mass is 10.0. The summed E-state index contributed by atoms with van der Waals surface area (Å²) in [5.74, 6) is 1.19. The SMILES string of the molecule is CSCCN1CCCc2ccc(N)cc21. The van der Waals surface area contributed by atoms with E-state index in [0.717, 1.165) is 12.2 Å². The van der Waals surface area contributed by atoms with Crippen molar-refractivity contribution >= 4 is 23.1 Å². The lowest BCUT2D eigenvalue weighted by molar-refractivity contribution is 0.710. The number of anilines is 2. The van der Waals surface area contributed by atoms with E-state index in [4.69, 9.17) is 5.73 Å². The molecule has 2 nitrogen and oxygen atoms in total. The molecule has 1 aromatic carbocycles. The van der Waals surface area contributed by atoms with Gasteiger partial charge in [-0.2, -0.15) is 11.8 Å². The van der Waals surface area contributed by atoms with Crippen molar-refractivity contribution in [1.29, 1.82) is 0 Å². The Morgan fingerprint density at radius 2 is 2.33 bits per heavy atom. The van der Waals surface area contributed by atoms with Crippen molar-refractivity contribution in [3.63, 3.8) is 0 Å². The number of hydrogen-bond donors (Lipinski definition) is 1. The van der Waals surface area contributed by atoms with Crippen LogP contribution in [0.15, 0.2) is 18.2 Å². The number of benzene rings is 1. The van der Waals surface area contributed by atoms with E-state index in [1.54, 1.807) is 0 Å². The number of nitrogen functional groups attached to an aromatic ring is 1. The quantitative estimate of drug-likeness (QED) is 0.796. The zero-order chi connectivity index (χ0) is 10.7. The lowest BCUT2D eigenvalue weighted by Crippen LogP contribution is -2.31. The molecule has 3 heteroatoms. The third-order valence-electron chi connectivity index (χ3n) is 2.89. The molecular formula is C12H18N2S. The van der Waals surface area contributed by atoms with Crippen molar-refractivity contribution in [1.82, 2.24) is 0 Å². The van der Waals surface area contributed by atoms with Crippen LogP contribution in [0.25, 0.3) is 0 Å². The van der Waals surface area contributed by atoms with E-state index in [1.165, 1.54) is 36.4 Å². The summed E-state index contributed by atoms with van der Waals surface area (Å²) in [7, 11) is 0. The maximum Gasteiger partial charge on any atom is 0.0419 e. The van der Waals surface area contributed by atoms with Crippen LogP contribution in [-0.4, -0.2) is 25.1 Å². The molecule has 1 aromatic rings. The minimum Gasteiger partial charge on any atom is -0.399 e. The maximum atomic E-state index is 5.84. The van der Waals surface area contributed by atoms with E-state index in [0.29, 0.717) is 0 Å². The molecule has 0 amide bonds. The highest BCUT2D eigenvalue weighted by Gasteiger charge is 2.15. The molecule has 82 valence electrons. The minimum absolute atomic E-state index is 0.879. The summed E-state index contributed by atoms with van der Waals surface area (Å²) in [4.78, 5) is 2.46. The molecule has 0 spiro atoms. The number of hydrogen-bond acceptors (Lipinski definition) is 3. The molecule has 0 radical (unpaired) electrons. The van der Waals surface area contributed by atoms with Crippen LogP contribution in [0.1, 0.15) is 12.0 Å². The average Bonchev–Trinajstić information content (AvgIpc) is 2.26. The summed E-state index contributed by atoms with van der Waals surface area (Å²) in [5.41, 5.74) is 9.53. The van der Waals surface area contributed by atoms with Gasteiger partial charge < -0.3 is 10.6 Å². The van der Waals surface area contributed by atoms with Gasteiger partial charge in [-0.15, -0.1) is 0 Å². The van der Waals surface area contributed by atoms with Gasteiger partial charge in [-0.25, -0.2) is 0 Å². The van der Waals surface area contributed by atoms with Crippen LogP contribution >= 0.6 is 11.8 Å². The van der Waals surface area contributed by atoms with Crippen molar-refractivity contribution in [2.45, 2.75) is 12.8 Å². The third kappa shape index (κ3) is 2.40. The molecule has 0 saturated heterocycles. The van der Waals surface area contributed by atoms with Crippen LogP contribution in [0.5, 0.6) is 0 Å². The van der Waals surface area contributed by atoms with E-state index in [-0.39, 0.29) is 0 Å². The largest absolute Gasteiger partial charge is 0.399 e. The lowest BCUT2D eigenvalue weighted by Gasteiger charge is -2.31. The number of thioether (sulfide) groups is 1. The average molecular weight is 222 g/mol. The Labute approximate surface area is 95.8 Å². The van der Waals surface area contributed by atoms with Crippen molar-refractivity contribution in [2.24, 2.45) is 0 Å². The molecule has 0 bridgehead atoms. The van der Waals surface area contributed by atoms with Crippen LogP contribution in [0.2, 0.25) is 0 Å². The second-order valence-corrected chi connectivity index (χ2v) is 4.96. The zero-order valence-electron chi connectivity index (χ0n) is 9.20. The maximum absolute atomic E-state index is 5.84. The molecule has 2 N–H and O–H groups in total. The molecule has 2 rings (SSSR count). The Balaban J connectivity index is 2.20. The summed E-state index contributed by atoms with van der Waals surface area (Å²) in [6, 6.07) is 6.31. The van der Waals surface area contributed by atoms with Crippen LogP contribution in [0.4, 0.5) is 11.4 Å². The first-order valence-corrected chi connectivity index (χ1v) is 6.83. The smallest absolute Gasteiger partial charge is 0.0419 e. The summed E-state index contributed by atoms with van der Waals surface area (Å²) in [6.45, 7) is 2.31. The predicted octanol–water partition coefficient (Wildman–Crippen LogP) is 2.38. The van der Waals surface area contributed by atoms with E-state index in [1.807, 2.05) is 17.8 Å². The van der Waals surface area contributed by atoms with Crippen molar-refractivity contribution < 1.29 is 0 Å². The molecule has 1 aliphatic rings. The fraction of sp³-hybridized carbons (Fsp3) is 0.500. The van der Waals surface area contributed by atoms with Crippen molar-refractivity contribution in [3.05, 3.63) is 23.8 Å². The number of nitrogens with zero attached hydrogens (tertiary/aromatic N) is 1. The fourth-order valence-corrected chi connectivity index (χ4v) is 2.50. The molecule has 0 aromatic heterocycles. The molecule has 0 aliphatic carbocycles. The molecule has 15 heavy (non-hydrogen) atoms. The molecule has 0 fully saturated rings. The Morgan fingerprint density at radius 1 is 1.47 bits per heavy atom. The Morgan fingerprint density at radius 3 is 3.13 bits per heavy atom.